The Kier molecular flexibility index (Phi) is 4.11. The van der Waals surface area contributed by atoms with Crippen LogP contribution in [0.5, 0.6) is 5.75 Å². The Labute approximate surface area is 96.5 Å². The summed E-state index contributed by atoms with van der Waals surface area (Å²) in [4.78, 5) is 0. The summed E-state index contributed by atoms with van der Waals surface area (Å²) < 4.78 is 0.551. The Hall–Kier alpha value is -1.07. The number of benzene rings is 1. The van der Waals surface area contributed by atoms with Gasteiger partial charge in [-0.25, -0.2) is 0 Å². The number of nitrogens with zero attached hydrogens (tertiary/aromatic N) is 1. The number of hydrogen-bond donors (Lipinski definition) is 3. The van der Waals surface area contributed by atoms with E-state index in [0.717, 1.165) is 5.56 Å². The van der Waals surface area contributed by atoms with Crippen molar-refractivity contribution in [3.63, 3.8) is 0 Å². The first-order chi connectivity index (χ1) is 7.13. The van der Waals surface area contributed by atoms with Crippen LogP contribution in [-0.4, -0.2) is 16.0 Å². The fourth-order valence-electron chi connectivity index (χ4n) is 1.31. The lowest BCUT2D eigenvalue weighted by Crippen LogP contribution is -2.03. The second-order valence-corrected chi connectivity index (χ2v) is 3.92. The van der Waals surface area contributed by atoms with Crippen molar-refractivity contribution in [2.75, 3.05) is 0 Å². The molecule has 0 aromatic heterocycles. The van der Waals surface area contributed by atoms with Crippen LogP contribution < -0.4 is 5.73 Å². The van der Waals surface area contributed by atoms with Gasteiger partial charge in [0.05, 0.1) is 10.2 Å². The summed E-state index contributed by atoms with van der Waals surface area (Å²) in [5.41, 5.74) is 7.42. The summed E-state index contributed by atoms with van der Waals surface area (Å²) in [5.74, 6) is 0.134. The lowest BCUT2D eigenvalue weighted by atomic mass is 10.0. The van der Waals surface area contributed by atoms with Crippen molar-refractivity contribution in [3.8, 4) is 5.75 Å². The molecule has 0 fully saturated rings. The zero-order chi connectivity index (χ0) is 11.4. The van der Waals surface area contributed by atoms with Crippen LogP contribution in [0.4, 0.5) is 0 Å². The molecule has 0 unspecified atom stereocenters. The fourth-order valence-corrected chi connectivity index (χ4v) is 1.81. The van der Waals surface area contributed by atoms with Gasteiger partial charge in [0.1, 0.15) is 5.75 Å². The van der Waals surface area contributed by atoms with Crippen molar-refractivity contribution in [2.24, 2.45) is 10.9 Å². The largest absolute Gasteiger partial charge is 0.506 e. The summed E-state index contributed by atoms with van der Waals surface area (Å²) in [6.45, 7) is 2.12. The highest BCUT2D eigenvalue weighted by atomic mass is 79.9. The maximum Gasteiger partial charge on any atom is 0.134 e. The summed E-state index contributed by atoms with van der Waals surface area (Å²) in [6, 6.07) is 3.42. The van der Waals surface area contributed by atoms with Crippen LogP contribution in [0.1, 0.15) is 24.5 Å². The fraction of sp³-hybridized carbons (Fsp3) is 0.300. The first-order valence-corrected chi connectivity index (χ1v) is 5.36. The molecule has 0 saturated carbocycles. The van der Waals surface area contributed by atoms with Gasteiger partial charge >= 0.3 is 0 Å². The molecule has 0 radical (unpaired) electrons. The molecular formula is C10H13BrN2O2. The average molecular weight is 273 g/mol. The normalized spacial score (nSPS) is 11.8. The Morgan fingerprint density at radius 3 is 2.67 bits per heavy atom. The van der Waals surface area contributed by atoms with Gasteiger partial charge < -0.3 is 16.0 Å². The number of phenols is 1. The lowest BCUT2D eigenvalue weighted by molar-refractivity contribution is 0.318. The van der Waals surface area contributed by atoms with Crippen LogP contribution in [0.15, 0.2) is 21.8 Å². The van der Waals surface area contributed by atoms with Crippen molar-refractivity contribution >= 4 is 21.6 Å². The number of nitrogens with two attached hydrogens (primary N) is 1. The van der Waals surface area contributed by atoms with E-state index in [-0.39, 0.29) is 12.3 Å². The number of rotatable bonds is 3. The van der Waals surface area contributed by atoms with Crippen molar-refractivity contribution in [3.05, 3.63) is 27.7 Å². The maximum atomic E-state index is 9.62. The number of aromatic hydroxyl groups is 1. The van der Waals surface area contributed by atoms with Crippen molar-refractivity contribution < 1.29 is 10.3 Å². The van der Waals surface area contributed by atoms with Crippen LogP contribution in [-0.2, 0) is 6.54 Å². The van der Waals surface area contributed by atoms with Crippen LogP contribution in [0.2, 0.25) is 0 Å². The Morgan fingerprint density at radius 1 is 1.53 bits per heavy atom. The van der Waals surface area contributed by atoms with E-state index in [2.05, 4.69) is 21.1 Å². The monoisotopic (exact) mass is 272 g/mol. The van der Waals surface area contributed by atoms with Crippen molar-refractivity contribution in [2.45, 2.75) is 19.9 Å². The SMILES string of the molecule is CCC(=NO)c1cc(Br)c(O)c(CN)c1. The molecule has 1 aromatic rings. The summed E-state index contributed by atoms with van der Waals surface area (Å²) in [6.07, 6.45) is 0.609. The zero-order valence-corrected chi connectivity index (χ0v) is 9.95. The zero-order valence-electron chi connectivity index (χ0n) is 8.37. The number of halogens is 1. The summed E-state index contributed by atoms with van der Waals surface area (Å²) in [7, 11) is 0. The highest BCUT2D eigenvalue weighted by molar-refractivity contribution is 9.10. The molecule has 0 bridgehead atoms. The molecule has 4 nitrogen and oxygen atoms in total. The third kappa shape index (κ3) is 2.49. The minimum atomic E-state index is 0.134. The molecule has 0 heterocycles. The molecule has 0 saturated heterocycles. The Bertz CT molecular complexity index is 391. The van der Waals surface area contributed by atoms with Gasteiger partial charge in [-0.3, -0.25) is 0 Å². The molecule has 0 spiro atoms. The predicted octanol–water partition coefficient (Wildman–Crippen LogP) is 2.20. The second-order valence-electron chi connectivity index (χ2n) is 3.07. The van der Waals surface area contributed by atoms with Crippen LogP contribution in [0, 0.1) is 0 Å². The highest BCUT2D eigenvalue weighted by Crippen LogP contribution is 2.29. The Morgan fingerprint density at radius 2 is 2.20 bits per heavy atom. The minimum Gasteiger partial charge on any atom is -0.506 e. The topological polar surface area (TPSA) is 78.8 Å². The van der Waals surface area contributed by atoms with Crippen LogP contribution in [0.25, 0.3) is 0 Å². The number of hydrogen-bond acceptors (Lipinski definition) is 4. The molecule has 0 atom stereocenters. The molecule has 0 amide bonds. The molecule has 0 aliphatic heterocycles. The lowest BCUT2D eigenvalue weighted by Gasteiger charge is -2.08. The number of phenolic OH excluding ortho intramolecular Hbond substituents is 1. The molecule has 15 heavy (non-hydrogen) atoms. The van der Waals surface area contributed by atoms with E-state index >= 15 is 0 Å². The molecule has 1 aromatic carbocycles. The van der Waals surface area contributed by atoms with Crippen LogP contribution >= 0.6 is 15.9 Å². The van der Waals surface area contributed by atoms with Crippen molar-refractivity contribution in [1.29, 1.82) is 0 Å². The van der Waals surface area contributed by atoms with Gasteiger partial charge in [0.2, 0.25) is 0 Å². The van der Waals surface area contributed by atoms with E-state index in [1.165, 1.54) is 0 Å². The molecule has 1 rings (SSSR count). The first-order valence-electron chi connectivity index (χ1n) is 4.56. The van der Waals surface area contributed by atoms with E-state index in [4.69, 9.17) is 10.9 Å². The molecular weight excluding hydrogens is 260 g/mol. The van der Waals surface area contributed by atoms with Gasteiger partial charge in [0, 0.05) is 17.7 Å². The van der Waals surface area contributed by atoms with E-state index in [1.807, 2.05) is 6.92 Å². The molecule has 0 aliphatic rings. The van der Waals surface area contributed by atoms with Crippen molar-refractivity contribution in [1.82, 2.24) is 0 Å². The molecule has 4 N–H and O–H groups in total. The molecule has 82 valence electrons. The van der Waals surface area contributed by atoms with Gasteiger partial charge in [0.15, 0.2) is 0 Å². The average Bonchev–Trinajstić information content (AvgIpc) is 2.24. The van der Waals surface area contributed by atoms with E-state index < -0.39 is 0 Å². The third-order valence-electron chi connectivity index (χ3n) is 2.15. The van der Waals surface area contributed by atoms with Gasteiger partial charge in [-0.05, 0) is 34.5 Å². The van der Waals surface area contributed by atoms with Gasteiger partial charge in [-0.2, -0.15) is 0 Å². The van der Waals surface area contributed by atoms with Gasteiger partial charge in [-0.15, -0.1) is 0 Å². The smallest absolute Gasteiger partial charge is 0.134 e. The van der Waals surface area contributed by atoms with E-state index in [0.29, 0.717) is 22.2 Å². The third-order valence-corrected chi connectivity index (χ3v) is 2.76. The molecule has 0 aliphatic carbocycles. The maximum absolute atomic E-state index is 9.62. The van der Waals surface area contributed by atoms with Crippen LogP contribution in [0.3, 0.4) is 0 Å². The standard InChI is InChI=1S/C10H13BrN2O2/c1-2-9(13-15)6-3-7(5-12)10(14)8(11)4-6/h3-4,14-15H,2,5,12H2,1H3. The van der Waals surface area contributed by atoms with Gasteiger partial charge in [-0.1, -0.05) is 12.1 Å². The summed E-state index contributed by atoms with van der Waals surface area (Å²) >= 11 is 3.22. The molecule has 5 heteroatoms. The first kappa shape index (κ1) is 12.0. The highest BCUT2D eigenvalue weighted by Gasteiger charge is 2.10. The Balaban J connectivity index is 3.28. The quantitative estimate of drug-likeness (QED) is 0.448. The van der Waals surface area contributed by atoms with E-state index in [9.17, 15) is 5.11 Å². The second kappa shape index (κ2) is 5.14. The number of oxime groups is 1. The van der Waals surface area contributed by atoms with Gasteiger partial charge in [0.25, 0.3) is 0 Å². The van der Waals surface area contributed by atoms with E-state index in [1.54, 1.807) is 12.1 Å². The summed E-state index contributed by atoms with van der Waals surface area (Å²) in [5, 5.41) is 21.6. The predicted molar refractivity (Wildman–Crippen MR) is 62.3 cm³/mol. The minimum absolute atomic E-state index is 0.134.